The average Bonchev–Trinajstić information content (AvgIpc) is 2.41. The monoisotopic (exact) mass is 337 g/mol. The number of rotatable bonds is 4. The van der Waals surface area contributed by atoms with E-state index in [-0.39, 0.29) is 5.56 Å². The molecule has 0 aromatic heterocycles. The van der Waals surface area contributed by atoms with E-state index in [0.717, 1.165) is 0 Å². The molecule has 0 saturated carbocycles. The highest BCUT2D eigenvalue weighted by Crippen LogP contribution is 2.31. The van der Waals surface area contributed by atoms with Crippen molar-refractivity contribution < 1.29 is 14.3 Å². The van der Waals surface area contributed by atoms with Crippen molar-refractivity contribution in [3.63, 3.8) is 0 Å². The summed E-state index contributed by atoms with van der Waals surface area (Å²) in [5.41, 5.74) is -0.890. The molecule has 0 aliphatic rings. The van der Waals surface area contributed by atoms with Gasteiger partial charge in [0.25, 0.3) is 0 Å². The molecule has 0 bridgehead atoms. The zero-order chi connectivity index (χ0) is 14.8. The highest BCUT2D eigenvalue weighted by molar-refractivity contribution is 9.10. The predicted molar refractivity (Wildman–Crippen MR) is 79.2 cm³/mol. The van der Waals surface area contributed by atoms with Crippen molar-refractivity contribution in [3.05, 3.63) is 64.4 Å². The summed E-state index contributed by atoms with van der Waals surface area (Å²) < 4.78 is 14.6. The van der Waals surface area contributed by atoms with E-state index in [1.807, 2.05) is 6.07 Å². The van der Waals surface area contributed by atoms with Crippen LogP contribution in [0.15, 0.2) is 53.0 Å². The second-order valence-corrected chi connectivity index (χ2v) is 5.37. The lowest BCUT2D eigenvalue weighted by atomic mass is 9.91. The molecule has 5 heteroatoms. The van der Waals surface area contributed by atoms with Crippen LogP contribution >= 0.6 is 15.9 Å². The molecule has 1 atom stereocenters. The molecule has 1 unspecified atom stereocenters. The Morgan fingerprint density at radius 3 is 2.40 bits per heavy atom. The summed E-state index contributed by atoms with van der Waals surface area (Å²) >= 11 is 3.34. The minimum absolute atomic E-state index is 0.0863. The first-order chi connectivity index (χ1) is 9.45. The number of para-hydroxylation sites is 1. The fraction of sp³-hybridized carbons (Fsp3) is 0.133. The Kier molecular flexibility index (Phi) is 4.09. The highest BCUT2D eigenvalue weighted by Gasteiger charge is 2.37. The lowest BCUT2D eigenvalue weighted by molar-refractivity contribution is -0.142. The van der Waals surface area contributed by atoms with Crippen molar-refractivity contribution in [2.24, 2.45) is 0 Å². The van der Waals surface area contributed by atoms with Crippen LogP contribution in [0, 0.1) is 5.82 Å². The quantitative estimate of drug-likeness (QED) is 0.886. The van der Waals surface area contributed by atoms with Crippen molar-refractivity contribution in [1.82, 2.24) is 0 Å². The second kappa shape index (κ2) is 5.63. The number of carboxylic acids is 1. The summed E-state index contributed by atoms with van der Waals surface area (Å²) in [6.45, 7) is 1.44. The van der Waals surface area contributed by atoms with Crippen molar-refractivity contribution in [2.75, 3.05) is 5.32 Å². The third-order valence-electron chi connectivity index (χ3n) is 3.10. The molecule has 0 amide bonds. The Hall–Kier alpha value is -1.88. The van der Waals surface area contributed by atoms with Crippen LogP contribution in [0.25, 0.3) is 0 Å². The van der Waals surface area contributed by atoms with Crippen LogP contribution in [0.3, 0.4) is 0 Å². The molecule has 2 aromatic rings. The number of carbonyl (C=O) groups is 1. The Morgan fingerprint density at radius 2 is 1.80 bits per heavy atom. The Bertz CT molecular complexity index is 647. The van der Waals surface area contributed by atoms with Crippen LogP contribution in [0.2, 0.25) is 0 Å². The molecule has 0 aliphatic heterocycles. The molecule has 0 heterocycles. The lowest BCUT2D eigenvalue weighted by Crippen LogP contribution is -2.41. The Labute approximate surface area is 124 Å². The number of hydrogen-bond acceptors (Lipinski definition) is 2. The number of hydrogen-bond donors (Lipinski definition) is 2. The predicted octanol–water partition coefficient (Wildman–Crippen LogP) is 4.00. The number of nitrogens with one attached hydrogen (secondary N) is 1. The number of carboxylic acid groups (broad SMARTS) is 1. The van der Waals surface area contributed by atoms with Gasteiger partial charge in [0, 0.05) is 15.7 Å². The van der Waals surface area contributed by atoms with Gasteiger partial charge in [0.05, 0.1) is 0 Å². The van der Waals surface area contributed by atoms with E-state index in [4.69, 9.17) is 0 Å². The summed E-state index contributed by atoms with van der Waals surface area (Å²) in [7, 11) is 0. The molecule has 3 nitrogen and oxygen atoms in total. The van der Waals surface area contributed by atoms with Gasteiger partial charge < -0.3 is 10.4 Å². The first-order valence-electron chi connectivity index (χ1n) is 5.96. The van der Waals surface area contributed by atoms with Crippen LogP contribution in [-0.2, 0) is 10.3 Å². The second-order valence-electron chi connectivity index (χ2n) is 4.51. The first kappa shape index (κ1) is 14.5. The van der Waals surface area contributed by atoms with Gasteiger partial charge in [-0.25, -0.2) is 9.18 Å². The fourth-order valence-corrected chi connectivity index (χ4v) is 2.32. The maximum absolute atomic E-state index is 13.9. The average molecular weight is 338 g/mol. The van der Waals surface area contributed by atoms with Gasteiger partial charge in [-0.05, 0) is 41.1 Å². The minimum Gasteiger partial charge on any atom is -0.479 e. The summed E-state index contributed by atoms with van der Waals surface area (Å²) in [4.78, 5) is 11.6. The first-order valence-corrected chi connectivity index (χ1v) is 6.75. The van der Waals surface area contributed by atoms with E-state index in [1.165, 1.54) is 25.1 Å². The smallest absolute Gasteiger partial charge is 0.333 e. The Morgan fingerprint density at radius 1 is 1.20 bits per heavy atom. The molecule has 0 saturated heterocycles. The third-order valence-corrected chi connectivity index (χ3v) is 3.79. The van der Waals surface area contributed by atoms with Crippen LogP contribution in [-0.4, -0.2) is 11.1 Å². The summed E-state index contributed by atoms with van der Waals surface area (Å²) in [5.74, 6) is -1.71. The number of benzene rings is 2. The molecule has 2 N–H and O–H groups in total. The van der Waals surface area contributed by atoms with Crippen molar-refractivity contribution >= 4 is 27.6 Å². The summed E-state index contributed by atoms with van der Waals surface area (Å²) in [6, 6.07) is 13.0. The highest BCUT2D eigenvalue weighted by atomic mass is 79.9. The van der Waals surface area contributed by atoms with E-state index in [0.29, 0.717) is 10.2 Å². The molecule has 0 radical (unpaired) electrons. The van der Waals surface area contributed by atoms with Crippen molar-refractivity contribution in [1.29, 1.82) is 0 Å². The third kappa shape index (κ3) is 2.67. The molecular weight excluding hydrogens is 325 g/mol. The topological polar surface area (TPSA) is 49.3 Å². The molecule has 104 valence electrons. The lowest BCUT2D eigenvalue weighted by Gasteiger charge is -2.28. The van der Waals surface area contributed by atoms with Crippen LogP contribution in [0.1, 0.15) is 12.5 Å². The normalized spacial score (nSPS) is 13.6. The molecular formula is C15H13BrFNO2. The van der Waals surface area contributed by atoms with E-state index in [1.54, 1.807) is 24.3 Å². The van der Waals surface area contributed by atoms with Crippen molar-refractivity contribution in [2.45, 2.75) is 12.5 Å². The van der Waals surface area contributed by atoms with E-state index in [2.05, 4.69) is 21.2 Å². The largest absolute Gasteiger partial charge is 0.479 e. The van der Waals surface area contributed by atoms with Gasteiger partial charge in [-0.1, -0.05) is 30.3 Å². The van der Waals surface area contributed by atoms with Gasteiger partial charge in [-0.2, -0.15) is 0 Å². The standard InChI is InChI=1S/C15H13BrFNO2/c1-15(14(19)20,10-6-2-4-8-12(10)17)18-13-9-5-3-7-11(13)16/h2-9,18H,1H3,(H,19,20). The number of anilines is 1. The van der Waals surface area contributed by atoms with Gasteiger partial charge in [0.15, 0.2) is 5.54 Å². The zero-order valence-corrected chi connectivity index (χ0v) is 12.3. The van der Waals surface area contributed by atoms with Gasteiger partial charge in [0.2, 0.25) is 0 Å². The van der Waals surface area contributed by atoms with Gasteiger partial charge in [-0.3, -0.25) is 0 Å². The van der Waals surface area contributed by atoms with E-state index >= 15 is 0 Å². The van der Waals surface area contributed by atoms with Gasteiger partial charge in [0.1, 0.15) is 5.82 Å². The maximum Gasteiger partial charge on any atom is 0.333 e. The van der Waals surface area contributed by atoms with Gasteiger partial charge in [-0.15, -0.1) is 0 Å². The molecule has 2 aromatic carbocycles. The Balaban J connectivity index is 2.49. The maximum atomic E-state index is 13.9. The van der Waals surface area contributed by atoms with Crippen LogP contribution < -0.4 is 5.32 Å². The number of halogens is 2. The SMILES string of the molecule is CC(Nc1ccccc1Br)(C(=O)O)c1ccccc1F. The van der Waals surface area contributed by atoms with Crippen molar-refractivity contribution in [3.8, 4) is 0 Å². The molecule has 0 fully saturated rings. The fourth-order valence-electron chi connectivity index (χ4n) is 1.93. The zero-order valence-electron chi connectivity index (χ0n) is 10.7. The number of aliphatic carboxylic acids is 1. The molecule has 0 spiro atoms. The van der Waals surface area contributed by atoms with E-state index < -0.39 is 17.3 Å². The molecule has 2 rings (SSSR count). The van der Waals surface area contributed by atoms with E-state index in [9.17, 15) is 14.3 Å². The molecule has 0 aliphatic carbocycles. The van der Waals surface area contributed by atoms with Crippen LogP contribution in [0.5, 0.6) is 0 Å². The minimum atomic E-state index is -1.56. The summed E-state index contributed by atoms with van der Waals surface area (Å²) in [6.07, 6.45) is 0. The molecule has 20 heavy (non-hydrogen) atoms. The summed E-state index contributed by atoms with van der Waals surface area (Å²) in [5, 5.41) is 12.4. The van der Waals surface area contributed by atoms with Gasteiger partial charge >= 0.3 is 5.97 Å². The van der Waals surface area contributed by atoms with Crippen LogP contribution in [0.4, 0.5) is 10.1 Å².